The molecule has 0 spiro atoms. The highest BCUT2D eigenvalue weighted by molar-refractivity contribution is 5.58. The van der Waals surface area contributed by atoms with E-state index in [2.05, 4.69) is 36.6 Å². The van der Waals surface area contributed by atoms with Crippen LogP contribution in [0.3, 0.4) is 0 Å². The first-order valence-electron chi connectivity index (χ1n) is 8.19. The first kappa shape index (κ1) is 15.1. The molecule has 1 atom stereocenters. The van der Waals surface area contributed by atoms with Gasteiger partial charge < -0.3 is 14.3 Å². The first-order chi connectivity index (χ1) is 11.8. The molecular formula is C18H21N5O. The van der Waals surface area contributed by atoms with Crippen molar-refractivity contribution in [1.82, 2.24) is 24.4 Å². The number of hydrogen-bond donors (Lipinski definition) is 1. The number of imidazole rings is 2. The lowest BCUT2D eigenvalue weighted by atomic mass is 10.2. The fourth-order valence-electron chi connectivity index (χ4n) is 3.08. The Morgan fingerprint density at radius 1 is 1.25 bits per heavy atom. The fraction of sp³-hybridized carbons (Fsp3) is 0.333. The van der Waals surface area contributed by atoms with Gasteiger partial charge in [-0.05, 0) is 5.56 Å². The number of rotatable bonds is 4. The number of nitrogens with one attached hydrogen (secondary N) is 1. The van der Waals surface area contributed by atoms with Gasteiger partial charge >= 0.3 is 0 Å². The maximum Gasteiger partial charge on any atom is 0.126 e. The van der Waals surface area contributed by atoms with Crippen LogP contribution in [0.4, 0.5) is 0 Å². The zero-order valence-corrected chi connectivity index (χ0v) is 13.7. The fourth-order valence-corrected chi connectivity index (χ4v) is 3.08. The van der Waals surface area contributed by atoms with E-state index in [1.807, 2.05) is 43.8 Å². The molecule has 1 fully saturated rings. The van der Waals surface area contributed by atoms with Crippen LogP contribution in [0.15, 0.2) is 48.9 Å². The van der Waals surface area contributed by atoms with E-state index in [0.29, 0.717) is 6.61 Å². The number of H-pyrrole nitrogens is 1. The molecule has 1 aromatic carbocycles. The normalized spacial score (nSPS) is 18.8. The van der Waals surface area contributed by atoms with Crippen LogP contribution in [-0.2, 0) is 18.3 Å². The molecule has 1 aliphatic rings. The van der Waals surface area contributed by atoms with Gasteiger partial charge in [0.15, 0.2) is 0 Å². The summed E-state index contributed by atoms with van der Waals surface area (Å²) in [5.74, 6) is 2.00. The highest BCUT2D eigenvalue weighted by atomic mass is 16.5. The summed E-state index contributed by atoms with van der Waals surface area (Å²) in [4.78, 5) is 14.9. The standard InChI is InChI=1S/C18H21N5O/c1-22-8-7-19-17(22)12-23-9-10-24-13-16(23)18-20-11-15(21-18)14-5-3-2-4-6-14/h2-8,11,16H,9-10,12-13H2,1H3,(H,20,21)/t16-/m0/s1. The number of nitrogens with zero attached hydrogens (tertiary/aromatic N) is 4. The van der Waals surface area contributed by atoms with Crippen LogP contribution < -0.4 is 0 Å². The van der Waals surface area contributed by atoms with Gasteiger partial charge in [-0.1, -0.05) is 30.3 Å². The lowest BCUT2D eigenvalue weighted by Gasteiger charge is -2.34. The maximum absolute atomic E-state index is 5.70. The van der Waals surface area contributed by atoms with Gasteiger partial charge in [-0.15, -0.1) is 0 Å². The summed E-state index contributed by atoms with van der Waals surface area (Å²) in [5, 5.41) is 0. The minimum Gasteiger partial charge on any atom is -0.378 e. The molecule has 6 heteroatoms. The molecule has 4 rings (SSSR count). The number of benzene rings is 1. The van der Waals surface area contributed by atoms with Crippen molar-refractivity contribution in [2.75, 3.05) is 19.8 Å². The van der Waals surface area contributed by atoms with Crippen LogP contribution >= 0.6 is 0 Å². The summed E-state index contributed by atoms with van der Waals surface area (Å²) in [7, 11) is 2.03. The second-order valence-corrected chi connectivity index (χ2v) is 6.06. The van der Waals surface area contributed by atoms with Crippen molar-refractivity contribution in [3.63, 3.8) is 0 Å². The molecule has 2 aromatic heterocycles. The number of morpholine rings is 1. The average molecular weight is 323 g/mol. The summed E-state index contributed by atoms with van der Waals surface area (Å²) in [6.07, 6.45) is 5.72. The molecule has 1 aliphatic heterocycles. The molecule has 24 heavy (non-hydrogen) atoms. The van der Waals surface area contributed by atoms with E-state index in [-0.39, 0.29) is 6.04 Å². The Morgan fingerprint density at radius 3 is 2.92 bits per heavy atom. The smallest absolute Gasteiger partial charge is 0.126 e. The van der Waals surface area contributed by atoms with E-state index in [0.717, 1.165) is 42.6 Å². The molecule has 3 heterocycles. The zero-order chi connectivity index (χ0) is 16.4. The third-order valence-corrected chi connectivity index (χ3v) is 4.50. The van der Waals surface area contributed by atoms with Crippen molar-refractivity contribution in [2.45, 2.75) is 12.6 Å². The predicted molar refractivity (Wildman–Crippen MR) is 91.2 cm³/mol. The minimum atomic E-state index is 0.118. The van der Waals surface area contributed by atoms with Crippen LogP contribution in [-0.4, -0.2) is 44.2 Å². The van der Waals surface area contributed by atoms with Crippen molar-refractivity contribution >= 4 is 0 Å². The summed E-state index contributed by atoms with van der Waals surface area (Å²) in [6.45, 7) is 3.05. The Hall–Kier alpha value is -2.44. The topological polar surface area (TPSA) is 59.0 Å². The van der Waals surface area contributed by atoms with E-state index in [4.69, 9.17) is 4.74 Å². The molecular weight excluding hydrogens is 302 g/mol. The largest absolute Gasteiger partial charge is 0.378 e. The van der Waals surface area contributed by atoms with Gasteiger partial charge in [0.05, 0.1) is 37.7 Å². The number of hydrogen-bond acceptors (Lipinski definition) is 4. The third kappa shape index (κ3) is 2.98. The molecule has 0 unspecified atom stereocenters. The Labute approximate surface area is 141 Å². The Bertz CT molecular complexity index is 795. The quantitative estimate of drug-likeness (QED) is 0.801. The lowest BCUT2D eigenvalue weighted by Crippen LogP contribution is -2.40. The average Bonchev–Trinajstić information content (AvgIpc) is 3.26. The van der Waals surface area contributed by atoms with E-state index in [1.54, 1.807) is 0 Å². The third-order valence-electron chi connectivity index (χ3n) is 4.50. The number of ether oxygens (including phenoxy) is 1. The Kier molecular flexibility index (Phi) is 4.15. The first-order valence-corrected chi connectivity index (χ1v) is 8.19. The SMILES string of the molecule is Cn1ccnc1CN1CCOC[C@H]1c1ncc(-c2ccccc2)[nH]1. The Balaban J connectivity index is 1.57. The molecule has 6 nitrogen and oxygen atoms in total. The summed E-state index contributed by atoms with van der Waals surface area (Å²) in [6, 6.07) is 10.4. The highest BCUT2D eigenvalue weighted by Gasteiger charge is 2.28. The molecule has 124 valence electrons. The maximum atomic E-state index is 5.70. The minimum absolute atomic E-state index is 0.118. The predicted octanol–water partition coefficient (Wildman–Crippen LogP) is 2.38. The van der Waals surface area contributed by atoms with Gasteiger partial charge in [0.2, 0.25) is 0 Å². The van der Waals surface area contributed by atoms with E-state index >= 15 is 0 Å². The number of aromatic nitrogens is 4. The molecule has 1 saturated heterocycles. The molecule has 0 aliphatic carbocycles. The summed E-state index contributed by atoms with van der Waals surface area (Å²) in [5.41, 5.74) is 2.18. The number of aromatic amines is 1. The van der Waals surface area contributed by atoms with Crippen molar-refractivity contribution in [2.24, 2.45) is 7.05 Å². The van der Waals surface area contributed by atoms with Crippen LogP contribution in [0, 0.1) is 0 Å². The second kappa shape index (κ2) is 6.59. The summed E-state index contributed by atoms with van der Waals surface area (Å²) >= 11 is 0. The van der Waals surface area contributed by atoms with E-state index in [9.17, 15) is 0 Å². The van der Waals surface area contributed by atoms with Gasteiger partial charge in [-0.25, -0.2) is 9.97 Å². The van der Waals surface area contributed by atoms with Gasteiger partial charge in [-0.3, -0.25) is 4.90 Å². The van der Waals surface area contributed by atoms with Crippen LogP contribution in [0.2, 0.25) is 0 Å². The van der Waals surface area contributed by atoms with Gasteiger partial charge in [0, 0.05) is 26.0 Å². The zero-order valence-electron chi connectivity index (χ0n) is 13.7. The molecule has 0 radical (unpaired) electrons. The lowest BCUT2D eigenvalue weighted by molar-refractivity contribution is -0.0170. The van der Waals surface area contributed by atoms with E-state index in [1.165, 1.54) is 0 Å². The molecule has 0 saturated carbocycles. The van der Waals surface area contributed by atoms with Crippen molar-refractivity contribution < 1.29 is 4.74 Å². The molecule has 0 bridgehead atoms. The van der Waals surface area contributed by atoms with Crippen LogP contribution in [0.5, 0.6) is 0 Å². The van der Waals surface area contributed by atoms with Crippen LogP contribution in [0.25, 0.3) is 11.3 Å². The van der Waals surface area contributed by atoms with Gasteiger partial charge in [0.1, 0.15) is 11.6 Å². The monoisotopic (exact) mass is 323 g/mol. The molecule has 0 amide bonds. The van der Waals surface area contributed by atoms with Crippen molar-refractivity contribution in [1.29, 1.82) is 0 Å². The molecule has 1 N–H and O–H groups in total. The van der Waals surface area contributed by atoms with Gasteiger partial charge in [0.25, 0.3) is 0 Å². The molecule has 3 aromatic rings. The number of aryl methyl sites for hydroxylation is 1. The van der Waals surface area contributed by atoms with E-state index < -0.39 is 0 Å². The van der Waals surface area contributed by atoms with Crippen molar-refractivity contribution in [3.05, 3.63) is 60.6 Å². The second-order valence-electron chi connectivity index (χ2n) is 6.06. The van der Waals surface area contributed by atoms with Crippen molar-refractivity contribution in [3.8, 4) is 11.3 Å². The highest BCUT2D eigenvalue weighted by Crippen LogP contribution is 2.26. The summed E-state index contributed by atoms with van der Waals surface area (Å²) < 4.78 is 7.76. The Morgan fingerprint density at radius 2 is 2.12 bits per heavy atom. The van der Waals surface area contributed by atoms with Gasteiger partial charge in [-0.2, -0.15) is 0 Å². The van der Waals surface area contributed by atoms with Crippen LogP contribution in [0.1, 0.15) is 17.7 Å².